The highest BCUT2D eigenvalue weighted by Crippen LogP contribution is 2.43. The lowest BCUT2D eigenvalue weighted by molar-refractivity contribution is 1.16. The van der Waals surface area contributed by atoms with Gasteiger partial charge in [0.25, 0.3) is 0 Å². The van der Waals surface area contributed by atoms with Crippen LogP contribution >= 0.6 is 11.3 Å². The first kappa shape index (κ1) is 31.8. The molecule has 0 atom stereocenters. The molecule has 4 heterocycles. The molecular weight excluding hydrogens is 723 g/mol. The van der Waals surface area contributed by atoms with E-state index in [-0.39, 0.29) is 0 Å². The molecule has 0 radical (unpaired) electrons. The lowest BCUT2D eigenvalue weighted by Crippen LogP contribution is -1.98. The minimum absolute atomic E-state index is 1.14. The Labute approximate surface area is 337 Å². The van der Waals surface area contributed by atoms with Crippen LogP contribution in [0, 0.1) is 0 Å². The summed E-state index contributed by atoms with van der Waals surface area (Å²) in [5, 5.41) is 10.1. The van der Waals surface area contributed by atoms with Crippen LogP contribution < -0.4 is 0 Å². The van der Waals surface area contributed by atoms with Gasteiger partial charge in [-0.3, -0.25) is 0 Å². The second kappa shape index (κ2) is 12.1. The lowest BCUT2D eigenvalue weighted by atomic mass is 10.0. The molecule has 0 aliphatic heterocycles. The molecule has 0 aliphatic rings. The molecule has 0 spiro atoms. The molecule has 9 aromatic carbocycles. The van der Waals surface area contributed by atoms with E-state index >= 15 is 0 Å². The highest BCUT2D eigenvalue weighted by molar-refractivity contribution is 7.25. The van der Waals surface area contributed by atoms with Gasteiger partial charge in [-0.1, -0.05) is 121 Å². The Hall–Kier alpha value is -7.40. The van der Waals surface area contributed by atoms with Gasteiger partial charge in [-0.15, -0.1) is 11.3 Å². The molecule has 0 bridgehead atoms. The minimum Gasteiger partial charge on any atom is -0.309 e. The van der Waals surface area contributed by atoms with Crippen LogP contribution in [-0.4, -0.2) is 13.7 Å². The summed E-state index contributed by atoms with van der Waals surface area (Å²) in [5.41, 5.74) is 13.2. The predicted molar refractivity (Wildman–Crippen MR) is 248 cm³/mol. The van der Waals surface area contributed by atoms with Gasteiger partial charge in [0.05, 0.1) is 38.8 Å². The fraction of sp³-hybridized carbons (Fsp3) is 0. The van der Waals surface area contributed by atoms with Gasteiger partial charge in [-0.05, 0) is 90.0 Å². The van der Waals surface area contributed by atoms with Crippen LogP contribution in [0.1, 0.15) is 0 Å². The predicted octanol–water partition coefficient (Wildman–Crippen LogP) is 15.0. The van der Waals surface area contributed by atoms with Crippen molar-refractivity contribution >= 4 is 96.9 Å². The number of aromatic nitrogens is 3. The maximum Gasteiger partial charge on any atom is 0.0562 e. The Balaban J connectivity index is 1.06. The van der Waals surface area contributed by atoms with Gasteiger partial charge < -0.3 is 13.7 Å². The van der Waals surface area contributed by atoms with E-state index in [0.29, 0.717) is 0 Å². The van der Waals surface area contributed by atoms with Crippen molar-refractivity contribution in [3.05, 3.63) is 200 Å². The minimum atomic E-state index is 1.14. The molecule has 0 aliphatic carbocycles. The van der Waals surface area contributed by atoms with E-state index < -0.39 is 0 Å². The fourth-order valence-electron chi connectivity index (χ4n) is 9.74. The Morgan fingerprint density at radius 2 is 0.810 bits per heavy atom. The summed E-state index contributed by atoms with van der Waals surface area (Å²) in [5.74, 6) is 0. The highest BCUT2D eigenvalue weighted by Gasteiger charge is 2.20. The number of para-hydroxylation sites is 4. The Morgan fingerprint density at radius 3 is 1.48 bits per heavy atom. The molecular formula is C54H33N3S. The van der Waals surface area contributed by atoms with Crippen LogP contribution in [-0.2, 0) is 0 Å². The monoisotopic (exact) mass is 755 g/mol. The van der Waals surface area contributed by atoms with Crippen molar-refractivity contribution < 1.29 is 0 Å². The molecule has 4 heteroatoms. The van der Waals surface area contributed by atoms with Crippen LogP contribution in [0.3, 0.4) is 0 Å². The number of hydrogen-bond donors (Lipinski definition) is 0. The maximum absolute atomic E-state index is 2.51. The maximum atomic E-state index is 2.51. The molecule has 13 aromatic rings. The van der Waals surface area contributed by atoms with E-state index in [9.17, 15) is 0 Å². The van der Waals surface area contributed by atoms with Gasteiger partial charge >= 0.3 is 0 Å². The second-order valence-corrected chi connectivity index (χ2v) is 16.4. The first-order valence-electron chi connectivity index (χ1n) is 19.8. The van der Waals surface area contributed by atoms with E-state index in [0.717, 1.165) is 11.4 Å². The van der Waals surface area contributed by atoms with E-state index in [2.05, 4.69) is 214 Å². The molecule has 0 unspecified atom stereocenters. The van der Waals surface area contributed by atoms with Gasteiger partial charge in [0.2, 0.25) is 0 Å². The van der Waals surface area contributed by atoms with Crippen molar-refractivity contribution in [3.8, 4) is 28.2 Å². The van der Waals surface area contributed by atoms with E-state index in [1.165, 1.54) is 102 Å². The average Bonchev–Trinajstić information content (AvgIpc) is 4.02. The number of rotatable bonds is 4. The number of nitrogens with zero attached hydrogens (tertiary/aromatic N) is 3. The summed E-state index contributed by atoms with van der Waals surface area (Å²) in [7, 11) is 0. The third-order valence-electron chi connectivity index (χ3n) is 12.2. The normalized spacial score (nSPS) is 12.1. The molecule has 58 heavy (non-hydrogen) atoms. The third-order valence-corrected chi connectivity index (χ3v) is 13.4. The van der Waals surface area contributed by atoms with Crippen molar-refractivity contribution in [3.63, 3.8) is 0 Å². The van der Waals surface area contributed by atoms with Crippen molar-refractivity contribution in [1.82, 2.24) is 13.7 Å². The van der Waals surface area contributed by atoms with Crippen molar-refractivity contribution in [2.24, 2.45) is 0 Å². The number of hydrogen-bond acceptors (Lipinski definition) is 1. The fourth-order valence-corrected chi connectivity index (χ4v) is 10.8. The third kappa shape index (κ3) is 4.43. The Morgan fingerprint density at radius 1 is 0.276 bits per heavy atom. The summed E-state index contributed by atoms with van der Waals surface area (Å²) in [6.45, 7) is 0. The summed E-state index contributed by atoms with van der Waals surface area (Å²) >= 11 is 1.87. The van der Waals surface area contributed by atoms with Crippen LogP contribution in [0.15, 0.2) is 200 Å². The molecule has 270 valence electrons. The molecule has 4 aromatic heterocycles. The Kier molecular flexibility index (Phi) is 6.60. The topological polar surface area (TPSA) is 14.8 Å². The van der Waals surface area contributed by atoms with E-state index in [1.54, 1.807) is 0 Å². The Bertz CT molecular complexity index is 3750. The zero-order valence-corrected chi connectivity index (χ0v) is 32.1. The van der Waals surface area contributed by atoms with Gasteiger partial charge in [0, 0.05) is 63.9 Å². The SMILES string of the molecule is c1ccc(-c2ccc3sc4cccc(-n5c6ccccc6c6ccc(-n7c8ccccc8c8cc(-n9c%10ccccc%10c%10ccccc%109)ccc87)cc65)c4c3c2)cc1. The summed E-state index contributed by atoms with van der Waals surface area (Å²) in [6.07, 6.45) is 0. The van der Waals surface area contributed by atoms with Crippen molar-refractivity contribution in [2.45, 2.75) is 0 Å². The standard InChI is InChI=1S/C54H33N3S/c1-2-13-34(14-3-1)35-25-30-52-44(31-35)54-50(23-12-24-53(54)58-52)57-48-22-11-6-17-40(48)42-28-26-37(33-51(42)57)56-47-21-10-7-18-41(47)43-32-36(27-29-49(43)56)55-45-19-8-4-15-38(45)39-16-5-9-20-46(39)55/h1-33H. The van der Waals surface area contributed by atoms with Crippen LogP contribution in [0.25, 0.3) is 114 Å². The average molecular weight is 756 g/mol. The van der Waals surface area contributed by atoms with Crippen molar-refractivity contribution in [2.75, 3.05) is 0 Å². The van der Waals surface area contributed by atoms with Crippen LogP contribution in [0.4, 0.5) is 0 Å². The van der Waals surface area contributed by atoms with E-state index in [4.69, 9.17) is 0 Å². The molecule has 0 saturated heterocycles. The molecule has 13 rings (SSSR count). The van der Waals surface area contributed by atoms with Gasteiger partial charge in [0.1, 0.15) is 0 Å². The molecule has 0 fully saturated rings. The van der Waals surface area contributed by atoms with Crippen LogP contribution in [0.2, 0.25) is 0 Å². The van der Waals surface area contributed by atoms with Crippen LogP contribution in [0.5, 0.6) is 0 Å². The zero-order chi connectivity index (χ0) is 37.9. The first-order chi connectivity index (χ1) is 28.8. The first-order valence-corrected chi connectivity index (χ1v) is 20.7. The number of benzene rings is 9. The van der Waals surface area contributed by atoms with Gasteiger partial charge in [-0.25, -0.2) is 0 Å². The number of thiophene rings is 1. The summed E-state index contributed by atoms with van der Waals surface area (Å²) in [4.78, 5) is 0. The second-order valence-electron chi connectivity index (χ2n) is 15.3. The lowest BCUT2D eigenvalue weighted by Gasteiger charge is -2.13. The van der Waals surface area contributed by atoms with Gasteiger partial charge in [-0.2, -0.15) is 0 Å². The molecule has 0 N–H and O–H groups in total. The van der Waals surface area contributed by atoms with E-state index in [1.807, 2.05) is 11.3 Å². The smallest absolute Gasteiger partial charge is 0.0562 e. The molecule has 0 amide bonds. The van der Waals surface area contributed by atoms with Gasteiger partial charge in [0.15, 0.2) is 0 Å². The zero-order valence-electron chi connectivity index (χ0n) is 31.3. The molecule has 3 nitrogen and oxygen atoms in total. The molecule has 0 saturated carbocycles. The quantitative estimate of drug-likeness (QED) is 0.170. The largest absolute Gasteiger partial charge is 0.309 e. The van der Waals surface area contributed by atoms with Crippen molar-refractivity contribution in [1.29, 1.82) is 0 Å². The summed E-state index contributed by atoms with van der Waals surface area (Å²) in [6, 6.07) is 73.7. The highest BCUT2D eigenvalue weighted by atomic mass is 32.1. The summed E-state index contributed by atoms with van der Waals surface area (Å²) < 4.78 is 9.97. The number of fused-ring (bicyclic) bond motifs is 12.